The summed E-state index contributed by atoms with van der Waals surface area (Å²) in [6.45, 7) is 8.56. The number of hydrogen-bond acceptors (Lipinski definition) is 3. The summed E-state index contributed by atoms with van der Waals surface area (Å²) in [5, 5.41) is 3.61. The van der Waals surface area contributed by atoms with Crippen molar-refractivity contribution in [3.63, 3.8) is 0 Å². The zero-order chi connectivity index (χ0) is 12.3. The van der Waals surface area contributed by atoms with Gasteiger partial charge >= 0.3 is 0 Å². The molecule has 102 valence electrons. The van der Waals surface area contributed by atoms with Crippen molar-refractivity contribution in [3.05, 3.63) is 0 Å². The molecule has 17 heavy (non-hydrogen) atoms. The maximum absolute atomic E-state index is 5.52. The van der Waals surface area contributed by atoms with E-state index in [0.717, 1.165) is 45.3 Å². The number of nitrogens with one attached hydrogen (secondary N) is 1. The van der Waals surface area contributed by atoms with Crippen LogP contribution in [0.4, 0.5) is 0 Å². The van der Waals surface area contributed by atoms with E-state index in [1.54, 1.807) is 0 Å². The Morgan fingerprint density at radius 2 is 1.71 bits per heavy atom. The van der Waals surface area contributed by atoms with E-state index in [9.17, 15) is 0 Å². The molecule has 0 bridgehead atoms. The molecule has 1 aliphatic carbocycles. The molecule has 0 heterocycles. The molecule has 2 unspecified atom stereocenters. The minimum Gasteiger partial charge on any atom is -0.379 e. The lowest BCUT2D eigenvalue weighted by atomic mass is 9.86. The van der Waals surface area contributed by atoms with Gasteiger partial charge in [0.25, 0.3) is 0 Å². The van der Waals surface area contributed by atoms with Crippen molar-refractivity contribution >= 4 is 0 Å². The zero-order valence-corrected chi connectivity index (χ0v) is 11.5. The number of ether oxygens (including phenoxy) is 2. The SMILES string of the molecule is CCCOCCOCCNC1CCCCC1C. The second-order valence-electron chi connectivity index (χ2n) is 5.05. The van der Waals surface area contributed by atoms with Crippen LogP contribution in [0.25, 0.3) is 0 Å². The van der Waals surface area contributed by atoms with Crippen LogP contribution in [0.2, 0.25) is 0 Å². The molecule has 0 saturated heterocycles. The van der Waals surface area contributed by atoms with Gasteiger partial charge in [0.15, 0.2) is 0 Å². The molecule has 1 N–H and O–H groups in total. The predicted octanol–water partition coefficient (Wildman–Crippen LogP) is 2.60. The molecule has 0 aromatic carbocycles. The Morgan fingerprint density at radius 3 is 2.41 bits per heavy atom. The maximum atomic E-state index is 5.52. The second-order valence-corrected chi connectivity index (χ2v) is 5.05. The largest absolute Gasteiger partial charge is 0.379 e. The van der Waals surface area contributed by atoms with Crippen LogP contribution in [0.1, 0.15) is 46.0 Å². The van der Waals surface area contributed by atoms with Gasteiger partial charge < -0.3 is 14.8 Å². The summed E-state index contributed by atoms with van der Waals surface area (Å²) >= 11 is 0. The van der Waals surface area contributed by atoms with E-state index in [1.807, 2.05) is 0 Å². The first-order chi connectivity index (χ1) is 8.34. The van der Waals surface area contributed by atoms with Gasteiger partial charge in [-0.05, 0) is 25.2 Å². The van der Waals surface area contributed by atoms with Crippen LogP contribution in [0.15, 0.2) is 0 Å². The molecule has 1 aliphatic rings. The molecule has 1 fully saturated rings. The Morgan fingerprint density at radius 1 is 1.00 bits per heavy atom. The van der Waals surface area contributed by atoms with Crippen LogP contribution in [0, 0.1) is 5.92 Å². The fourth-order valence-electron chi connectivity index (χ4n) is 2.40. The Balaban J connectivity index is 1.86. The van der Waals surface area contributed by atoms with Gasteiger partial charge in [-0.25, -0.2) is 0 Å². The molecule has 0 aromatic rings. The van der Waals surface area contributed by atoms with Gasteiger partial charge in [-0.15, -0.1) is 0 Å². The molecule has 1 rings (SSSR count). The second kappa shape index (κ2) is 9.86. The molecule has 2 atom stereocenters. The highest BCUT2D eigenvalue weighted by Crippen LogP contribution is 2.23. The van der Waals surface area contributed by atoms with Gasteiger partial charge in [-0.2, -0.15) is 0 Å². The topological polar surface area (TPSA) is 30.5 Å². The average Bonchev–Trinajstić information content (AvgIpc) is 2.35. The molecule has 0 aromatic heterocycles. The first kappa shape index (κ1) is 14.9. The monoisotopic (exact) mass is 243 g/mol. The summed E-state index contributed by atoms with van der Waals surface area (Å²) in [6, 6.07) is 0.712. The fraction of sp³-hybridized carbons (Fsp3) is 1.00. The quantitative estimate of drug-likeness (QED) is 0.631. The summed E-state index contributed by atoms with van der Waals surface area (Å²) in [6.07, 6.45) is 6.59. The Labute approximate surface area is 106 Å². The van der Waals surface area contributed by atoms with Gasteiger partial charge in [0.2, 0.25) is 0 Å². The first-order valence-electron chi connectivity index (χ1n) is 7.23. The van der Waals surface area contributed by atoms with E-state index in [-0.39, 0.29) is 0 Å². The van der Waals surface area contributed by atoms with E-state index in [4.69, 9.17) is 9.47 Å². The van der Waals surface area contributed by atoms with Crippen LogP contribution in [-0.4, -0.2) is 39.0 Å². The molecule has 3 nitrogen and oxygen atoms in total. The molecule has 1 saturated carbocycles. The number of rotatable bonds is 9. The molecule has 0 radical (unpaired) electrons. The molecule has 3 heteroatoms. The van der Waals surface area contributed by atoms with Crippen LogP contribution in [0.3, 0.4) is 0 Å². The van der Waals surface area contributed by atoms with E-state index in [2.05, 4.69) is 19.2 Å². The van der Waals surface area contributed by atoms with Crippen molar-refractivity contribution in [1.82, 2.24) is 5.32 Å². The first-order valence-corrected chi connectivity index (χ1v) is 7.23. The van der Waals surface area contributed by atoms with Crippen molar-refractivity contribution in [1.29, 1.82) is 0 Å². The van der Waals surface area contributed by atoms with Crippen LogP contribution >= 0.6 is 0 Å². The normalized spacial score (nSPS) is 25.1. The maximum Gasteiger partial charge on any atom is 0.0701 e. The highest BCUT2D eigenvalue weighted by Gasteiger charge is 2.19. The summed E-state index contributed by atoms with van der Waals surface area (Å²) in [5.41, 5.74) is 0. The zero-order valence-electron chi connectivity index (χ0n) is 11.5. The smallest absolute Gasteiger partial charge is 0.0701 e. The van der Waals surface area contributed by atoms with Crippen LogP contribution in [0.5, 0.6) is 0 Å². The Bertz CT molecular complexity index is 176. The highest BCUT2D eigenvalue weighted by atomic mass is 16.5. The van der Waals surface area contributed by atoms with E-state index in [1.165, 1.54) is 25.7 Å². The third kappa shape index (κ3) is 7.02. The molecular weight excluding hydrogens is 214 g/mol. The summed E-state index contributed by atoms with van der Waals surface area (Å²) in [4.78, 5) is 0. The van der Waals surface area contributed by atoms with Crippen molar-refractivity contribution in [2.45, 2.75) is 52.0 Å². The van der Waals surface area contributed by atoms with Crippen molar-refractivity contribution in [2.75, 3.05) is 33.0 Å². The van der Waals surface area contributed by atoms with Crippen LogP contribution < -0.4 is 5.32 Å². The van der Waals surface area contributed by atoms with Gasteiger partial charge in [-0.1, -0.05) is 26.7 Å². The minimum absolute atomic E-state index is 0.712. The van der Waals surface area contributed by atoms with Gasteiger partial charge in [-0.3, -0.25) is 0 Å². The minimum atomic E-state index is 0.712. The van der Waals surface area contributed by atoms with Gasteiger partial charge in [0.05, 0.1) is 19.8 Å². The molecule has 0 spiro atoms. The predicted molar refractivity (Wildman–Crippen MR) is 71.4 cm³/mol. The van der Waals surface area contributed by atoms with Crippen molar-refractivity contribution in [3.8, 4) is 0 Å². The highest BCUT2D eigenvalue weighted by molar-refractivity contribution is 4.77. The lowest BCUT2D eigenvalue weighted by Crippen LogP contribution is -2.39. The van der Waals surface area contributed by atoms with E-state index in [0.29, 0.717) is 6.04 Å². The lowest BCUT2D eigenvalue weighted by molar-refractivity contribution is 0.0475. The Kier molecular flexibility index (Phi) is 8.67. The van der Waals surface area contributed by atoms with Crippen LogP contribution in [-0.2, 0) is 9.47 Å². The lowest BCUT2D eigenvalue weighted by Gasteiger charge is -2.29. The van der Waals surface area contributed by atoms with E-state index < -0.39 is 0 Å². The van der Waals surface area contributed by atoms with Crippen molar-refractivity contribution < 1.29 is 9.47 Å². The van der Waals surface area contributed by atoms with Crippen molar-refractivity contribution in [2.24, 2.45) is 5.92 Å². The standard InChI is InChI=1S/C14H29NO2/c1-3-9-16-11-12-17-10-8-15-14-7-5-4-6-13(14)2/h13-15H,3-12H2,1-2H3. The summed E-state index contributed by atoms with van der Waals surface area (Å²) < 4.78 is 10.9. The van der Waals surface area contributed by atoms with Gasteiger partial charge in [0.1, 0.15) is 0 Å². The molecule has 0 aliphatic heterocycles. The summed E-state index contributed by atoms with van der Waals surface area (Å²) in [7, 11) is 0. The third-order valence-electron chi connectivity index (χ3n) is 3.48. The molecular formula is C14H29NO2. The van der Waals surface area contributed by atoms with E-state index >= 15 is 0 Å². The number of hydrogen-bond donors (Lipinski definition) is 1. The molecule has 0 amide bonds. The Hall–Kier alpha value is -0.120. The van der Waals surface area contributed by atoms with Gasteiger partial charge in [0, 0.05) is 19.2 Å². The average molecular weight is 243 g/mol. The summed E-state index contributed by atoms with van der Waals surface area (Å²) in [5.74, 6) is 0.830. The fourth-order valence-corrected chi connectivity index (χ4v) is 2.40. The third-order valence-corrected chi connectivity index (χ3v) is 3.48.